The highest BCUT2D eigenvalue weighted by atomic mass is 16.5. The largest absolute Gasteiger partial charge is 0.494 e. The third-order valence-corrected chi connectivity index (χ3v) is 4.40. The molecular formula is C17H27NO. The second-order valence-corrected chi connectivity index (χ2v) is 6.69. The second-order valence-electron chi connectivity index (χ2n) is 6.69. The van der Waals surface area contributed by atoms with Gasteiger partial charge in [-0.25, -0.2) is 0 Å². The van der Waals surface area contributed by atoms with Gasteiger partial charge in [0.15, 0.2) is 0 Å². The average Bonchev–Trinajstić information content (AvgIpc) is 2.41. The molecule has 0 radical (unpaired) electrons. The standard InChI is InChI=1S/C17H27NO/c1-4-13-19-15-7-5-14(6-8-15)17(18)11-9-16(2,3)10-12-17/h5-8H,4,9-13,18H2,1-3H3. The number of rotatable bonds is 4. The summed E-state index contributed by atoms with van der Waals surface area (Å²) >= 11 is 0. The van der Waals surface area contributed by atoms with Gasteiger partial charge in [0.2, 0.25) is 0 Å². The van der Waals surface area contributed by atoms with Crippen LogP contribution < -0.4 is 10.5 Å². The molecule has 0 heterocycles. The molecule has 1 saturated carbocycles. The molecule has 1 aromatic carbocycles. The molecule has 2 rings (SSSR count). The van der Waals surface area contributed by atoms with Gasteiger partial charge < -0.3 is 10.5 Å². The Hall–Kier alpha value is -1.02. The van der Waals surface area contributed by atoms with Crippen molar-refractivity contribution in [1.82, 2.24) is 0 Å². The highest BCUT2D eigenvalue weighted by Crippen LogP contribution is 2.43. The minimum Gasteiger partial charge on any atom is -0.494 e. The quantitative estimate of drug-likeness (QED) is 0.880. The molecule has 1 aromatic rings. The summed E-state index contributed by atoms with van der Waals surface area (Å²) in [4.78, 5) is 0. The molecule has 0 aromatic heterocycles. The lowest BCUT2D eigenvalue weighted by atomic mass is 9.67. The van der Waals surface area contributed by atoms with Crippen molar-refractivity contribution in [3.63, 3.8) is 0 Å². The van der Waals surface area contributed by atoms with Gasteiger partial charge in [0.1, 0.15) is 5.75 Å². The van der Waals surface area contributed by atoms with Gasteiger partial charge in [-0.2, -0.15) is 0 Å². The molecule has 1 aliphatic rings. The van der Waals surface area contributed by atoms with Crippen LogP contribution in [0.3, 0.4) is 0 Å². The summed E-state index contributed by atoms with van der Waals surface area (Å²) in [5.41, 5.74) is 8.18. The Morgan fingerprint density at radius 2 is 1.63 bits per heavy atom. The summed E-state index contributed by atoms with van der Waals surface area (Å²) in [6, 6.07) is 8.39. The molecule has 2 nitrogen and oxygen atoms in total. The Bertz CT molecular complexity index is 398. The van der Waals surface area contributed by atoms with E-state index >= 15 is 0 Å². The Morgan fingerprint density at radius 3 is 2.16 bits per heavy atom. The summed E-state index contributed by atoms with van der Waals surface area (Å²) in [6.07, 6.45) is 5.61. The minimum absolute atomic E-state index is 0.140. The van der Waals surface area contributed by atoms with Crippen LogP contribution in [0.4, 0.5) is 0 Å². The van der Waals surface area contributed by atoms with Crippen molar-refractivity contribution in [2.24, 2.45) is 11.1 Å². The van der Waals surface area contributed by atoms with E-state index in [9.17, 15) is 0 Å². The molecule has 1 fully saturated rings. The molecule has 2 heteroatoms. The van der Waals surface area contributed by atoms with Gasteiger partial charge in [-0.3, -0.25) is 0 Å². The smallest absolute Gasteiger partial charge is 0.119 e. The molecule has 0 amide bonds. The topological polar surface area (TPSA) is 35.2 Å². The normalized spacial score (nSPS) is 21.1. The van der Waals surface area contributed by atoms with E-state index in [1.165, 1.54) is 18.4 Å². The molecule has 0 aliphatic heterocycles. The van der Waals surface area contributed by atoms with Crippen LogP contribution in [0.25, 0.3) is 0 Å². The van der Waals surface area contributed by atoms with Crippen molar-refractivity contribution in [2.75, 3.05) is 6.61 Å². The summed E-state index contributed by atoms with van der Waals surface area (Å²) in [5.74, 6) is 0.949. The minimum atomic E-state index is -0.140. The van der Waals surface area contributed by atoms with Crippen molar-refractivity contribution >= 4 is 0 Å². The second kappa shape index (κ2) is 5.54. The number of hydrogen-bond donors (Lipinski definition) is 1. The number of ether oxygens (including phenoxy) is 1. The molecule has 19 heavy (non-hydrogen) atoms. The van der Waals surface area contributed by atoms with E-state index in [4.69, 9.17) is 10.5 Å². The summed E-state index contributed by atoms with van der Waals surface area (Å²) in [5, 5.41) is 0. The molecular weight excluding hydrogens is 234 g/mol. The van der Waals surface area contributed by atoms with E-state index in [1.54, 1.807) is 0 Å². The maximum Gasteiger partial charge on any atom is 0.119 e. The Balaban J connectivity index is 2.05. The zero-order valence-corrected chi connectivity index (χ0v) is 12.5. The SMILES string of the molecule is CCCOc1ccc(C2(N)CCC(C)(C)CC2)cc1. The molecule has 106 valence electrons. The van der Waals surface area contributed by atoms with E-state index in [-0.39, 0.29) is 5.54 Å². The van der Waals surface area contributed by atoms with E-state index in [1.807, 2.05) is 0 Å². The lowest BCUT2D eigenvalue weighted by Gasteiger charge is -2.41. The van der Waals surface area contributed by atoms with E-state index < -0.39 is 0 Å². The monoisotopic (exact) mass is 261 g/mol. The predicted octanol–water partition coefficient (Wildman–Crippen LogP) is 4.23. The van der Waals surface area contributed by atoms with Gasteiger partial charge in [0.25, 0.3) is 0 Å². The van der Waals surface area contributed by atoms with Crippen LogP contribution in [-0.4, -0.2) is 6.61 Å². The fraction of sp³-hybridized carbons (Fsp3) is 0.647. The Labute approximate surface area is 117 Å². The third kappa shape index (κ3) is 3.50. The fourth-order valence-electron chi connectivity index (χ4n) is 2.76. The number of benzene rings is 1. The van der Waals surface area contributed by atoms with Gasteiger partial charge in [0.05, 0.1) is 6.61 Å². The van der Waals surface area contributed by atoms with E-state index in [2.05, 4.69) is 45.0 Å². The van der Waals surface area contributed by atoms with Crippen LogP contribution >= 0.6 is 0 Å². The van der Waals surface area contributed by atoms with Crippen LogP contribution in [0.1, 0.15) is 58.4 Å². The Kier molecular flexibility index (Phi) is 4.19. The van der Waals surface area contributed by atoms with E-state index in [0.717, 1.165) is 31.6 Å². The maximum absolute atomic E-state index is 6.61. The highest BCUT2D eigenvalue weighted by Gasteiger charge is 2.36. The maximum atomic E-state index is 6.61. The van der Waals surface area contributed by atoms with Gasteiger partial charge in [0, 0.05) is 5.54 Å². The van der Waals surface area contributed by atoms with Gasteiger partial charge in [-0.15, -0.1) is 0 Å². The van der Waals surface area contributed by atoms with Crippen molar-refractivity contribution in [3.8, 4) is 5.75 Å². The van der Waals surface area contributed by atoms with Crippen molar-refractivity contribution < 1.29 is 4.74 Å². The number of hydrogen-bond acceptors (Lipinski definition) is 2. The molecule has 0 saturated heterocycles. The highest BCUT2D eigenvalue weighted by molar-refractivity contribution is 5.32. The third-order valence-electron chi connectivity index (χ3n) is 4.40. The first-order valence-electron chi connectivity index (χ1n) is 7.47. The average molecular weight is 261 g/mol. The molecule has 0 bridgehead atoms. The Morgan fingerprint density at radius 1 is 1.05 bits per heavy atom. The molecule has 2 N–H and O–H groups in total. The lowest BCUT2D eigenvalue weighted by molar-refractivity contribution is 0.165. The van der Waals surface area contributed by atoms with Crippen molar-refractivity contribution in [2.45, 2.75) is 58.4 Å². The molecule has 0 atom stereocenters. The molecule has 0 unspecified atom stereocenters. The summed E-state index contributed by atoms with van der Waals surface area (Å²) < 4.78 is 5.62. The first-order chi connectivity index (χ1) is 8.95. The fourth-order valence-corrected chi connectivity index (χ4v) is 2.76. The zero-order valence-electron chi connectivity index (χ0n) is 12.5. The van der Waals surface area contributed by atoms with Crippen LogP contribution in [0.15, 0.2) is 24.3 Å². The molecule has 0 spiro atoms. The van der Waals surface area contributed by atoms with Crippen molar-refractivity contribution in [1.29, 1.82) is 0 Å². The van der Waals surface area contributed by atoms with Crippen LogP contribution in [0.5, 0.6) is 5.75 Å². The van der Waals surface area contributed by atoms with Crippen LogP contribution in [0, 0.1) is 5.41 Å². The lowest BCUT2D eigenvalue weighted by Crippen LogP contribution is -2.42. The molecule has 1 aliphatic carbocycles. The van der Waals surface area contributed by atoms with Gasteiger partial charge in [-0.05, 0) is 55.2 Å². The first kappa shape index (κ1) is 14.4. The summed E-state index contributed by atoms with van der Waals surface area (Å²) in [6.45, 7) is 7.58. The van der Waals surface area contributed by atoms with Crippen LogP contribution in [-0.2, 0) is 5.54 Å². The predicted molar refractivity (Wildman–Crippen MR) is 80.3 cm³/mol. The van der Waals surface area contributed by atoms with E-state index in [0.29, 0.717) is 5.41 Å². The first-order valence-corrected chi connectivity index (χ1v) is 7.47. The van der Waals surface area contributed by atoms with Gasteiger partial charge in [-0.1, -0.05) is 32.9 Å². The van der Waals surface area contributed by atoms with Gasteiger partial charge >= 0.3 is 0 Å². The van der Waals surface area contributed by atoms with Crippen molar-refractivity contribution in [3.05, 3.63) is 29.8 Å². The van der Waals surface area contributed by atoms with Crippen LogP contribution in [0.2, 0.25) is 0 Å². The zero-order chi connectivity index (χ0) is 13.9. The number of nitrogens with two attached hydrogens (primary N) is 1. The summed E-state index contributed by atoms with van der Waals surface area (Å²) in [7, 11) is 0.